The Morgan fingerprint density at radius 3 is 2.73 bits per heavy atom. The zero-order valence-corrected chi connectivity index (χ0v) is 7.51. The van der Waals surface area contributed by atoms with Crippen molar-refractivity contribution in [1.29, 1.82) is 0 Å². The second-order valence-electron chi connectivity index (χ2n) is 3.87. The van der Waals surface area contributed by atoms with Gasteiger partial charge in [0.05, 0.1) is 6.61 Å². The molecular weight excluding hydrogens is 138 g/mol. The van der Waals surface area contributed by atoms with E-state index in [0.717, 1.165) is 5.92 Å². The summed E-state index contributed by atoms with van der Waals surface area (Å²) in [7, 11) is 0. The molecule has 2 N–H and O–H groups in total. The van der Waals surface area contributed by atoms with E-state index in [2.05, 4.69) is 12.2 Å². The first-order valence-corrected chi connectivity index (χ1v) is 4.59. The molecule has 3 atom stereocenters. The van der Waals surface area contributed by atoms with Crippen LogP contribution in [0.4, 0.5) is 0 Å². The van der Waals surface area contributed by atoms with Gasteiger partial charge in [0.2, 0.25) is 0 Å². The van der Waals surface area contributed by atoms with Gasteiger partial charge in [0, 0.05) is 12.1 Å². The van der Waals surface area contributed by atoms with Gasteiger partial charge in [-0.3, -0.25) is 0 Å². The van der Waals surface area contributed by atoms with Gasteiger partial charge in [0.25, 0.3) is 0 Å². The van der Waals surface area contributed by atoms with Crippen LogP contribution in [0, 0.1) is 5.92 Å². The molecule has 0 radical (unpaired) electrons. The van der Waals surface area contributed by atoms with Crippen molar-refractivity contribution in [2.24, 2.45) is 5.92 Å². The van der Waals surface area contributed by atoms with E-state index in [1.165, 1.54) is 19.3 Å². The topological polar surface area (TPSA) is 32.3 Å². The van der Waals surface area contributed by atoms with Gasteiger partial charge in [-0.25, -0.2) is 0 Å². The minimum atomic E-state index is 0.255. The molecule has 0 aromatic carbocycles. The van der Waals surface area contributed by atoms with E-state index < -0.39 is 0 Å². The third-order valence-corrected chi connectivity index (χ3v) is 2.49. The molecule has 1 aliphatic carbocycles. The van der Waals surface area contributed by atoms with Crippen LogP contribution in [-0.4, -0.2) is 23.8 Å². The van der Waals surface area contributed by atoms with Crippen molar-refractivity contribution in [3.63, 3.8) is 0 Å². The molecule has 0 heterocycles. The highest BCUT2D eigenvalue weighted by molar-refractivity contribution is 4.80. The van der Waals surface area contributed by atoms with Crippen molar-refractivity contribution in [2.45, 2.75) is 45.2 Å². The van der Waals surface area contributed by atoms with Gasteiger partial charge >= 0.3 is 0 Å². The Hall–Kier alpha value is -0.0800. The average molecular weight is 157 g/mol. The maximum atomic E-state index is 8.80. The zero-order chi connectivity index (χ0) is 8.27. The molecule has 0 aromatic rings. The second-order valence-corrected chi connectivity index (χ2v) is 3.87. The molecule has 0 unspecified atom stereocenters. The monoisotopic (exact) mass is 157 g/mol. The number of aliphatic hydroxyl groups excluding tert-OH is 1. The van der Waals surface area contributed by atoms with E-state index in [4.69, 9.17) is 5.11 Å². The normalized spacial score (nSPS) is 34.1. The summed E-state index contributed by atoms with van der Waals surface area (Å²) in [4.78, 5) is 0. The van der Waals surface area contributed by atoms with Crippen LogP contribution < -0.4 is 5.32 Å². The van der Waals surface area contributed by atoms with Crippen LogP contribution >= 0.6 is 0 Å². The Balaban J connectivity index is 2.17. The van der Waals surface area contributed by atoms with E-state index in [-0.39, 0.29) is 12.6 Å². The summed E-state index contributed by atoms with van der Waals surface area (Å²) in [5, 5.41) is 12.2. The van der Waals surface area contributed by atoms with E-state index in [0.29, 0.717) is 6.04 Å². The Labute approximate surface area is 69.0 Å². The highest BCUT2D eigenvalue weighted by Crippen LogP contribution is 2.24. The summed E-state index contributed by atoms with van der Waals surface area (Å²) >= 11 is 0. The average Bonchev–Trinajstić information content (AvgIpc) is 2.35. The summed E-state index contributed by atoms with van der Waals surface area (Å²) in [6.07, 6.45) is 3.91. The number of hydrogen-bond donors (Lipinski definition) is 2. The minimum absolute atomic E-state index is 0.255. The Bertz CT molecular complexity index is 116. The highest BCUT2D eigenvalue weighted by atomic mass is 16.3. The lowest BCUT2D eigenvalue weighted by molar-refractivity contribution is 0.240. The molecule has 0 saturated heterocycles. The molecular formula is C9H19NO. The van der Waals surface area contributed by atoms with Crippen molar-refractivity contribution >= 4 is 0 Å². The standard InChI is InChI=1S/C9H19NO/c1-7-3-4-9(5-7)10-8(2)6-11/h7-11H,3-6H2,1-2H3/t7-,8-,9+/m0/s1. The van der Waals surface area contributed by atoms with E-state index >= 15 is 0 Å². The fourth-order valence-corrected chi connectivity index (χ4v) is 1.81. The molecule has 1 fully saturated rings. The second kappa shape index (κ2) is 4.07. The Morgan fingerprint density at radius 1 is 1.55 bits per heavy atom. The molecule has 1 saturated carbocycles. The van der Waals surface area contributed by atoms with Gasteiger partial charge in [-0.1, -0.05) is 6.92 Å². The van der Waals surface area contributed by atoms with Crippen molar-refractivity contribution in [2.75, 3.05) is 6.61 Å². The maximum absolute atomic E-state index is 8.80. The van der Waals surface area contributed by atoms with Gasteiger partial charge < -0.3 is 10.4 Å². The first-order valence-electron chi connectivity index (χ1n) is 4.59. The SMILES string of the molecule is C[C@H]1CC[C@@H](N[C@@H](C)CO)C1. The molecule has 2 heteroatoms. The molecule has 1 rings (SSSR count). The van der Waals surface area contributed by atoms with Crippen LogP contribution in [0.25, 0.3) is 0 Å². The molecule has 0 bridgehead atoms. The van der Waals surface area contributed by atoms with Crippen molar-refractivity contribution in [3.8, 4) is 0 Å². The molecule has 2 nitrogen and oxygen atoms in total. The van der Waals surface area contributed by atoms with Gasteiger partial charge in [-0.15, -0.1) is 0 Å². The van der Waals surface area contributed by atoms with E-state index in [1.54, 1.807) is 0 Å². The zero-order valence-electron chi connectivity index (χ0n) is 7.51. The third-order valence-electron chi connectivity index (χ3n) is 2.49. The Morgan fingerprint density at radius 2 is 2.27 bits per heavy atom. The maximum Gasteiger partial charge on any atom is 0.0582 e. The largest absolute Gasteiger partial charge is 0.395 e. The molecule has 0 aliphatic heterocycles. The first-order chi connectivity index (χ1) is 5.22. The van der Waals surface area contributed by atoms with Crippen molar-refractivity contribution < 1.29 is 5.11 Å². The molecule has 66 valence electrons. The van der Waals surface area contributed by atoms with Crippen LogP contribution in [0.2, 0.25) is 0 Å². The lowest BCUT2D eigenvalue weighted by atomic mass is 10.1. The van der Waals surface area contributed by atoms with Crippen LogP contribution in [0.3, 0.4) is 0 Å². The summed E-state index contributed by atoms with van der Waals surface area (Å²) in [5.41, 5.74) is 0. The fourth-order valence-electron chi connectivity index (χ4n) is 1.81. The van der Waals surface area contributed by atoms with Crippen LogP contribution in [0.5, 0.6) is 0 Å². The highest BCUT2D eigenvalue weighted by Gasteiger charge is 2.21. The quantitative estimate of drug-likeness (QED) is 0.644. The molecule has 11 heavy (non-hydrogen) atoms. The number of rotatable bonds is 3. The van der Waals surface area contributed by atoms with Crippen LogP contribution in [-0.2, 0) is 0 Å². The predicted molar refractivity (Wildman–Crippen MR) is 46.5 cm³/mol. The van der Waals surface area contributed by atoms with E-state index in [9.17, 15) is 0 Å². The number of aliphatic hydroxyl groups is 1. The smallest absolute Gasteiger partial charge is 0.0582 e. The summed E-state index contributed by atoms with van der Waals surface area (Å²) in [5.74, 6) is 0.874. The van der Waals surface area contributed by atoms with E-state index in [1.807, 2.05) is 6.92 Å². The summed E-state index contributed by atoms with van der Waals surface area (Å²) < 4.78 is 0. The van der Waals surface area contributed by atoms with Gasteiger partial charge in [0.1, 0.15) is 0 Å². The lowest BCUT2D eigenvalue weighted by Crippen LogP contribution is -2.37. The molecule has 0 amide bonds. The molecule has 0 spiro atoms. The minimum Gasteiger partial charge on any atom is -0.395 e. The molecule has 1 aliphatic rings. The Kier molecular flexibility index (Phi) is 3.34. The van der Waals surface area contributed by atoms with Crippen LogP contribution in [0.15, 0.2) is 0 Å². The van der Waals surface area contributed by atoms with Crippen molar-refractivity contribution in [1.82, 2.24) is 5.32 Å². The lowest BCUT2D eigenvalue weighted by Gasteiger charge is -2.16. The van der Waals surface area contributed by atoms with Gasteiger partial charge in [-0.05, 0) is 32.1 Å². The third kappa shape index (κ3) is 2.80. The first kappa shape index (κ1) is 9.01. The molecule has 0 aromatic heterocycles. The fraction of sp³-hybridized carbons (Fsp3) is 1.00. The van der Waals surface area contributed by atoms with Gasteiger partial charge in [-0.2, -0.15) is 0 Å². The summed E-state index contributed by atoms with van der Waals surface area (Å²) in [6.45, 7) is 4.58. The number of hydrogen-bond acceptors (Lipinski definition) is 2. The summed E-state index contributed by atoms with van der Waals surface area (Å²) in [6, 6.07) is 0.928. The number of nitrogens with one attached hydrogen (secondary N) is 1. The van der Waals surface area contributed by atoms with Crippen LogP contribution in [0.1, 0.15) is 33.1 Å². The predicted octanol–water partition coefficient (Wildman–Crippen LogP) is 1.15. The van der Waals surface area contributed by atoms with Gasteiger partial charge in [0.15, 0.2) is 0 Å². The van der Waals surface area contributed by atoms with Crippen molar-refractivity contribution in [3.05, 3.63) is 0 Å².